The molecule has 0 aliphatic carbocycles. The number of allylic oxidation sites excluding steroid dienone is 1. The van der Waals surface area contributed by atoms with Crippen molar-refractivity contribution in [2.24, 2.45) is 4.99 Å². The third-order valence-corrected chi connectivity index (χ3v) is 11.8. The maximum atomic E-state index is 5.11. The van der Waals surface area contributed by atoms with E-state index >= 15 is 0 Å². The number of benzene rings is 9. The summed E-state index contributed by atoms with van der Waals surface area (Å²) in [5, 5.41) is 8.62. The Bertz CT molecular complexity index is 3210. The lowest BCUT2D eigenvalue weighted by Gasteiger charge is -2.25. The zero-order chi connectivity index (χ0) is 41.2. The average molecular weight is 793 g/mol. The van der Waals surface area contributed by atoms with Crippen LogP contribution in [0.5, 0.6) is 0 Å². The summed E-state index contributed by atoms with van der Waals surface area (Å²) in [4.78, 5) is 15.1. The molecule has 9 aromatic carbocycles. The molecule has 4 heteroatoms. The molecule has 292 valence electrons. The maximum absolute atomic E-state index is 5.11. The van der Waals surface area contributed by atoms with Crippen molar-refractivity contribution < 1.29 is 0 Å². The quantitative estimate of drug-likeness (QED) is 0.156. The highest BCUT2D eigenvalue weighted by Gasteiger charge is 2.20. The molecule has 0 fully saturated rings. The summed E-state index contributed by atoms with van der Waals surface area (Å²) < 4.78 is 0. The number of nitrogens with zero attached hydrogens (tertiary/aromatic N) is 3. The second kappa shape index (κ2) is 16.1. The predicted octanol–water partition coefficient (Wildman–Crippen LogP) is 14.3. The Morgan fingerprint density at radius 1 is 0.339 bits per heavy atom. The lowest BCUT2D eigenvalue weighted by molar-refractivity contribution is 0.664. The fraction of sp³-hybridized carbons (Fsp3) is 0.0172. The summed E-state index contributed by atoms with van der Waals surface area (Å²) in [5.74, 6) is 0.713. The van der Waals surface area contributed by atoms with Crippen LogP contribution in [0, 0.1) is 0 Å². The van der Waals surface area contributed by atoms with Gasteiger partial charge in [0.25, 0.3) is 0 Å². The van der Waals surface area contributed by atoms with Crippen molar-refractivity contribution in [1.29, 1.82) is 0 Å². The SMILES string of the molecule is C1=C(c2ccc(-c3cccc4c3ccc3c(-c5ccc(-c6cc(-c7ccccc7)nc(-c7ccccc7)n6)cc5)cccc34)cc2)NC(c2ccccc2)N=C1c1ccccc1. The molecule has 2 heterocycles. The van der Waals surface area contributed by atoms with Gasteiger partial charge in [-0.1, -0.05) is 218 Å². The van der Waals surface area contributed by atoms with Gasteiger partial charge in [-0.3, -0.25) is 4.99 Å². The van der Waals surface area contributed by atoms with E-state index in [1.807, 2.05) is 48.5 Å². The second-order valence-corrected chi connectivity index (χ2v) is 15.6. The zero-order valence-electron chi connectivity index (χ0n) is 33.9. The van der Waals surface area contributed by atoms with E-state index in [1.165, 1.54) is 38.2 Å². The summed E-state index contributed by atoms with van der Waals surface area (Å²) in [7, 11) is 0. The summed E-state index contributed by atoms with van der Waals surface area (Å²) >= 11 is 0. The van der Waals surface area contributed by atoms with Crippen molar-refractivity contribution in [3.05, 3.63) is 247 Å². The number of hydrogen-bond acceptors (Lipinski definition) is 4. The highest BCUT2D eigenvalue weighted by Crippen LogP contribution is 2.38. The van der Waals surface area contributed by atoms with Gasteiger partial charge in [-0.05, 0) is 72.6 Å². The minimum atomic E-state index is -0.181. The lowest BCUT2D eigenvalue weighted by Crippen LogP contribution is -2.24. The molecule has 4 nitrogen and oxygen atoms in total. The number of aromatic nitrogens is 2. The lowest BCUT2D eigenvalue weighted by atomic mass is 9.91. The van der Waals surface area contributed by atoms with Crippen molar-refractivity contribution in [3.8, 4) is 56.2 Å². The van der Waals surface area contributed by atoms with Crippen LogP contribution in [-0.4, -0.2) is 15.7 Å². The molecule has 11 rings (SSSR count). The van der Waals surface area contributed by atoms with E-state index in [9.17, 15) is 0 Å². The Labute approximate surface area is 361 Å². The highest BCUT2D eigenvalue weighted by atomic mass is 15.1. The molecule has 0 amide bonds. The number of hydrogen-bond donors (Lipinski definition) is 1. The van der Waals surface area contributed by atoms with E-state index in [0.717, 1.165) is 61.7 Å². The molecule has 1 unspecified atom stereocenters. The molecular weight excluding hydrogens is 753 g/mol. The molecule has 0 radical (unpaired) electrons. The minimum absolute atomic E-state index is 0.181. The first-order chi connectivity index (χ1) is 30.7. The Morgan fingerprint density at radius 2 is 0.790 bits per heavy atom. The Hall–Kier alpha value is -8.21. The first-order valence-corrected chi connectivity index (χ1v) is 21.0. The largest absolute Gasteiger partial charge is 0.360 e. The van der Waals surface area contributed by atoms with Crippen LogP contribution in [-0.2, 0) is 0 Å². The van der Waals surface area contributed by atoms with Gasteiger partial charge in [0.15, 0.2) is 5.82 Å². The van der Waals surface area contributed by atoms with Crippen molar-refractivity contribution in [3.63, 3.8) is 0 Å². The van der Waals surface area contributed by atoms with Crippen LogP contribution in [0.4, 0.5) is 0 Å². The fourth-order valence-electron chi connectivity index (χ4n) is 8.61. The average Bonchev–Trinajstić information content (AvgIpc) is 3.37. The maximum Gasteiger partial charge on any atom is 0.160 e. The minimum Gasteiger partial charge on any atom is -0.360 e. The van der Waals surface area contributed by atoms with Gasteiger partial charge in [-0.15, -0.1) is 0 Å². The number of nitrogens with one attached hydrogen (secondary N) is 1. The van der Waals surface area contributed by atoms with Crippen LogP contribution in [0.25, 0.3) is 83.4 Å². The van der Waals surface area contributed by atoms with Gasteiger partial charge in [0.05, 0.1) is 17.1 Å². The number of fused-ring (bicyclic) bond motifs is 3. The Balaban J connectivity index is 0.911. The molecule has 62 heavy (non-hydrogen) atoms. The number of aliphatic imine (C=N–C) groups is 1. The van der Waals surface area contributed by atoms with Gasteiger partial charge in [-0.2, -0.15) is 0 Å². The summed E-state index contributed by atoms with van der Waals surface area (Å²) in [5.41, 5.74) is 15.0. The van der Waals surface area contributed by atoms with E-state index < -0.39 is 0 Å². The van der Waals surface area contributed by atoms with Crippen LogP contribution in [0.3, 0.4) is 0 Å². The van der Waals surface area contributed by atoms with Gasteiger partial charge in [0.1, 0.15) is 6.17 Å². The Kier molecular flexibility index (Phi) is 9.56. The van der Waals surface area contributed by atoms with Crippen LogP contribution >= 0.6 is 0 Å². The van der Waals surface area contributed by atoms with Gasteiger partial charge >= 0.3 is 0 Å². The van der Waals surface area contributed by atoms with Gasteiger partial charge in [0.2, 0.25) is 0 Å². The number of rotatable bonds is 8. The highest BCUT2D eigenvalue weighted by molar-refractivity contribution is 6.16. The van der Waals surface area contributed by atoms with E-state index in [4.69, 9.17) is 15.0 Å². The van der Waals surface area contributed by atoms with Crippen LogP contribution in [0.15, 0.2) is 236 Å². The first kappa shape index (κ1) is 36.8. The summed E-state index contributed by atoms with van der Waals surface area (Å²) in [6.07, 6.45) is 1.98. The topological polar surface area (TPSA) is 50.2 Å². The third kappa shape index (κ3) is 7.14. The molecule has 0 saturated heterocycles. The molecular formula is C58H40N4. The predicted molar refractivity (Wildman–Crippen MR) is 257 cm³/mol. The van der Waals surface area contributed by atoms with Crippen LogP contribution in [0.1, 0.15) is 22.9 Å². The Morgan fingerprint density at radius 3 is 1.34 bits per heavy atom. The van der Waals surface area contributed by atoms with Crippen molar-refractivity contribution in [2.45, 2.75) is 6.17 Å². The van der Waals surface area contributed by atoms with Gasteiger partial charge in [-0.25, -0.2) is 9.97 Å². The zero-order valence-corrected chi connectivity index (χ0v) is 33.9. The molecule has 10 aromatic rings. The standard InChI is InChI=1S/C58H40N4/c1-5-15-41(16-6-1)53-37-55(61-57(59-53)45-19-9-3-10-20-45)43-31-27-39(28-32-43)47-23-13-25-49-50-26-14-24-48(52(50)36-35-51(47)49)40-29-33-44(34-30-40)56-38-54(42-17-7-2-8-18-42)60-58(62-56)46-21-11-4-12-22-46/h1-38,57,61H. The summed E-state index contributed by atoms with van der Waals surface area (Å²) in [6.45, 7) is 0. The van der Waals surface area contributed by atoms with Crippen LogP contribution < -0.4 is 5.32 Å². The second-order valence-electron chi connectivity index (χ2n) is 15.6. The molecule has 1 aliphatic rings. The van der Waals surface area contributed by atoms with E-state index in [1.54, 1.807) is 0 Å². The molecule has 1 aromatic heterocycles. The first-order valence-electron chi connectivity index (χ1n) is 21.0. The van der Waals surface area contributed by atoms with Crippen molar-refractivity contribution in [2.75, 3.05) is 0 Å². The summed E-state index contributed by atoms with van der Waals surface area (Å²) in [6, 6.07) is 79.0. The van der Waals surface area contributed by atoms with Gasteiger partial charge < -0.3 is 5.32 Å². The molecule has 0 spiro atoms. The third-order valence-electron chi connectivity index (χ3n) is 11.8. The molecule has 1 aliphatic heterocycles. The monoisotopic (exact) mass is 792 g/mol. The molecule has 1 atom stereocenters. The molecule has 0 saturated carbocycles. The molecule has 0 bridgehead atoms. The van der Waals surface area contributed by atoms with Crippen molar-refractivity contribution >= 4 is 33.0 Å². The van der Waals surface area contributed by atoms with E-state index in [0.29, 0.717) is 5.82 Å². The van der Waals surface area contributed by atoms with Crippen molar-refractivity contribution in [1.82, 2.24) is 15.3 Å². The normalized spacial score (nSPS) is 13.6. The van der Waals surface area contributed by atoms with E-state index in [2.05, 4.69) is 187 Å². The fourth-order valence-corrected chi connectivity index (χ4v) is 8.61. The van der Waals surface area contributed by atoms with E-state index in [-0.39, 0.29) is 6.17 Å². The molecule has 1 N–H and O–H groups in total. The van der Waals surface area contributed by atoms with Crippen LogP contribution in [0.2, 0.25) is 0 Å². The van der Waals surface area contributed by atoms with Gasteiger partial charge in [0, 0.05) is 22.4 Å². The smallest absolute Gasteiger partial charge is 0.160 e.